The minimum absolute atomic E-state index is 0.00398. The van der Waals surface area contributed by atoms with Crippen molar-refractivity contribution in [1.82, 2.24) is 5.48 Å². The lowest BCUT2D eigenvalue weighted by atomic mass is 10.1. The highest BCUT2D eigenvalue weighted by Crippen LogP contribution is 2.17. The molecule has 1 aromatic carbocycles. The molecule has 0 saturated carbocycles. The first kappa shape index (κ1) is 17.1. The lowest BCUT2D eigenvalue weighted by molar-refractivity contribution is 0.234. The Morgan fingerprint density at radius 2 is 2.05 bits per heavy atom. The molecule has 19 heavy (non-hydrogen) atoms. The topological polar surface area (TPSA) is 93.5 Å². The van der Waals surface area contributed by atoms with Gasteiger partial charge in [-0.15, -0.1) is 6.58 Å². The van der Waals surface area contributed by atoms with E-state index in [0.717, 1.165) is 5.69 Å². The van der Waals surface area contributed by atoms with Gasteiger partial charge in [0.05, 0.1) is 5.75 Å². The molecule has 0 fully saturated rings. The van der Waals surface area contributed by atoms with Crippen LogP contribution in [0.1, 0.15) is 5.56 Å². The Morgan fingerprint density at radius 3 is 2.42 bits per heavy atom. The molecule has 0 aliphatic carbocycles. The van der Waals surface area contributed by atoms with E-state index in [1.807, 2.05) is 42.7 Å². The highest BCUT2D eigenvalue weighted by Gasteiger charge is 2.06. The van der Waals surface area contributed by atoms with Gasteiger partial charge in [0.25, 0.3) is 0 Å². The molecule has 0 amide bonds. The molecule has 0 aliphatic heterocycles. The van der Waals surface area contributed by atoms with Gasteiger partial charge in [-0.2, -0.15) is 0 Å². The fourth-order valence-corrected chi connectivity index (χ4v) is 1.45. The van der Waals surface area contributed by atoms with Gasteiger partial charge in [0, 0.05) is 25.3 Å². The third kappa shape index (κ3) is 6.58. The summed E-state index contributed by atoms with van der Waals surface area (Å²) < 4.78 is 19.1. The Balaban J connectivity index is 0.000000459. The molecule has 7 heteroatoms. The van der Waals surface area contributed by atoms with E-state index in [1.165, 1.54) is 6.08 Å². The second-order valence-electron chi connectivity index (χ2n) is 3.70. The molecule has 0 saturated heterocycles. The summed E-state index contributed by atoms with van der Waals surface area (Å²) >= 11 is 0. The van der Waals surface area contributed by atoms with E-state index < -0.39 is 10.7 Å². The third-order valence-electron chi connectivity index (χ3n) is 2.05. The second-order valence-corrected chi connectivity index (χ2v) is 4.73. The van der Waals surface area contributed by atoms with Crippen molar-refractivity contribution in [3.8, 4) is 0 Å². The van der Waals surface area contributed by atoms with Crippen LogP contribution < -0.4 is 10.4 Å². The number of hydroxylamine groups is 1. The molecule has 106 valence electrons. The monoisotopic (exact) mass is 285 g/mol. The maximum Gasteiger partial charge on any atom is 0.151 e. The van der Waals surface area contributed by atoms with Crippen LogP contribution in [-0.2, 0) is 10.7 Å². The number of nitrogens with zero attached hydrogens (tertiary/aromatic N) is 1. The van der Waals surface area contributed by atoms with E-state index >= 15 is 0 Å². The highest BCUT2D eigenvalue weighted by molar-refractivity contribution is 7.72. The van der Waals surface area contributed by atoms with Crippen molar-refractivity contribution in [2.75, 3.05) is 24.7 Å². The van der Waals surface area contributed by atoms with Crippen molar-refractivity contribution in [2.24, 2.45) is 0 Å². The van der Waals surface area contributed by atoms with E-state index in [9.17, 15) is 8.42 Å². The molecule has 0 aliphatic rings. The van der Waals surface area contributed by atoms with Gasteiger partial charge in [0.2, 0.25) is 0 Å². The first-order valence-corrected chi connectivity index (χ1v) is 6.78. The first-order valence-electron chi connectivity index (χ1n) is 5.42. The first-order chi connectivity index (χ1) is 8.93. The summed E-state index contributed by atoms with van der Waals surface area (Å²) in [7, 11) is 1.57. The fraction of sp³-hybridized carbons (Fsp3) is 0.250. The van der Waals surface area contributed by atoms with E-state index in [2.05, 4.69) is 6.58 Å². The molecule has 1 aromatic rings. The molecule has 6 nitrogen and oxygen atoms in total. The number of thiol groups is 1. The second kappa shape index (κ2) is 9.12. The molecule has 0 atom stereocenters. The van der Waals surface area contributed by atoms with Crippen LogP contribution >= 0.6 is 0 Å². The molecule has 0 radical (unpaired) electrons. The number of hydrogen-bond donors (Lipinski definition) is 4. The minimum Gasteiger partial charge on any atom is -0.377 e. The van der Waals surface area contributed by atoms with Crippen LogP contribution in [-0.4, -0.2) is 39.3 Å². The van der Waals surface area contributed by atoms with Crippen molar-refractivity contribution in [1.29, 1.82) is 5.41 Å². The van der Waals surface area contributed by atoms with Crippen LogP contribution in [0.15, 0.2) is 36.9 Å². The van der Waals surface area contributed by atoms with Gasteiger partial charge in [-0.1, -0.05) is 18.2 Å². The number of benzene rings is 1. The summed E-state index contributed by atoms with van der Waals surface area (Å²) in [5.41, 5.74) is 3.41. The molecule has 3 N–H and O–H groups in total. The van der Waals surface area contributed by atoms with Crippen molar-refractivity contribution in [3.05, 3.63) is 42.5 Å². The largest absolute Gasteiger partial charge is 0.377 e. The van der Waals surface area contributed by atoms with E-state index in [-0.39, 0.29) is 11.6 Å². The minimum atomic E-state index is -2.22. The van der Waals surface area contributed by atoms with Gasteiger partial charge >= 0.3 is 0 Å². The Morgan fingerprint density at radius 1 is 1.47 bits per heavy atom. The van der Waals surface area contributed by atoms with Crippen molar-refractivity contribution in [2.45, 2.75) is 0 Å². The summed E-state index contributed by atoms with van der Waals surface area (Å²) in [6.45, 7) is 3.22. The summed E-state index contributed by atoms with van der Waals surface area (Å²) in [5.74, 6) is 0.0966. The van der Waals surface area contributed by atoms with Gasteiger partial charge in [0.1, 0.15) is 10.7 Å². The highest BCUT2D eigenvalue weighted by atomic mass is 32.2. The van der Waals surface area contributed by atoms with Crippen LogP contribution in [0.3, 0.4) is 0 Å². The number of nitrogens with one attached hydrogen (secondary N) is 2. The summed E-state index contributed by atoms with van der Waals surface area (Å²) in [4.78, 5) is 1.89. The summed E-state index contributed by atoms with van der Waals surface area (Å²) in [6.07, 6.45) is 1.35. The van der Waals surface area contributed by atoms with E-state index in [4.69, 9.17) is 10.6 Å². The van der Waals surface area contributed by atoms with E-state index in [1.54, 1.807) is 6.07 Å². The zero-order chi connectivity index (χ0) is 14.8. The lowest BCUT2D eigenvalue weighted by Gasteiger charge is -2.16. The zero-order valence-electron chi connectivity index (χ0n) is 11.0. The molecule has 0 aromatic heterocycles. The van der Waals surface area contributed by atoms with Crippen molar-refractivity contribution >= 4 is 22.2 Å². The number of amidine groups is 1. The summed E-state index contributed by atoms with van der Waals surface area (Å²) in [5, 5.41) is 16.0. The number of para-hydroxylation sites is 1. The Hall–Kier alpha value is -1.86. The smallest absolute Gasteiger partial charge is 0.151 e. The van der Waals surface area contributed by atoms with Crippen LogP contribution in [0.5, 0.6) is 0 Å². The lowest BCUT2D eigenvalue weighted by Crippen LogP contribution is -2.22. The van der Waals surface area contributed by atoms with Crippen molar-refractivity contribution < 1.29 is 13.6 Å². The third-order valence-corrected chi connectivity index (χ3v) is 2.60. The standard InChI is InChI=1S/C9H13N3O.C3H6O2S/c1-12(2)8-6-4-3-5-7(8)9(10)11-13;1-2-3-6(4)5/h3-6,13H,1-2H3,(H2,10,11);2,6H,1,3H2. The SMILES string of the molecule is C=CC[SH](=O)=O.CN(C)c1ccccc1C(=N)NO. The van der Waals surface area contributed by atoms with E-state index in [0.29, 0.717) is 5.56 Å². The van der Waals surface area contributed by atoms with Gasteiger partial charge in [-0.05, 0) is 12.1 Å². The fourth-order valence-electron chi connectivity index (χ4n) is 1.24. The van der Waals surface area contributed by atoms with Gasteiger partial charge < -0.3 is 4.90 Å². The molecule has 0 heterocycles. The Labute approximate surface area is 114 Å². The Bertz CT molecular complexity index is 491. The van der Waals surface area contributed by atoms with Crippen LogP contribution in [0.4, 0.5) is 5.69 Å². The zero-order valence-corrected chi connectivity index (χ0v) is 11.9. The van der Waals surface area contributed by atoms with Crippen molar-refractivity contribution in [3.63, 3.8) is 0 Å². The predicted molar refractivity (Wildman–Crippen MR) is 77.9 cm³/mol. The predicted octanol–water partition coefficient (Wildman–Crippen LogP) is 0.841. The quantitative estimate of drug-likeness (QED) is 0.216. The number of rotatable bonds is 4. The number of anilines is 1. The maximum atomic E-state index is 9.57. The Kier molecular flexibility index (Phi) is 8.23. The molecule has 0 bridgehead atoms. The normalized spacial score (nSPS) is 9.26. The van der Waals surface area contributed by atoms with Gasteiger partial charge in [-0.25, -0.2) is 8.42 Å². The molecule has 0 unspecified atom stereocenters. The molecular weight excluding hydrogens is 266 g/mol. The molecule has 1 rings (SSSR count). The summed E-state index contributed by atoms with van der Waals surface area (Å²) in [6, 6.07) is 7.39. The van der Waals surface area contributed by atoms with Gasteiger partial charge in [-0.3, -0.25) is 16.1 Å². The number of hydrogen-bond acceptors (Lipinski definition) is 5. The van der Waals surface area contributed by atoms with Crippen LogP contribution in [0.2, 0.25) is 0 Å². The average molecular weight is 285 g/mol. The van der Waals surface area contributed by atoms with Crippen LogP contribution in [0.25, 0.3) is 0 Å². The van der Waals surface area contributed by atoms with Crippen LogP contribution in [0, 0.1) is 5.41 Å². The molecular formula is C12H19N3O3S. The average Bonchev–Trinajstić information content (AvgIpc) is 2.38. The van der Waals surface area contributed by atoms with Gasteiger partial charge in [0.15, 0.2) is 5.84 Å². The maximum absolute atomic E-state index is 9.57. The molecule has 0 spiro atoms.